The summed E-state index contributed by atoms with van der Waals surface area (Å²) in [5, 5.41) is 2.71. The Morgan fingerprint density at radius 2 is 1.68 bits per heavy atom. The number of nitrogens with one attached hydrogen (secondary N) is 1. The van der Waals surface area contributed by atoms with Crippen LogP contribution in [0.3, 0.4) is 0 Å². The Morgan fingerprint density at radius 3 is 2.20 bits per heavy atom. The maximum atomic E-state index is 12.1. The van der Waals surface area contributed by atoms with Crippen molar-refractivity contribution in [3.05, 3.63) is 59.7 Å². The van der Waals surface area contributed by atoms with Crippen LogP contribution in [0.15, 0.2) is 48.5 Å². The van der Waals surface area contributed by atoms with Crippen molar-refractivity contribution in [2.45, 2.75) is 31.2 Å². The third kappa shape index (κ3) is 2.93. The summed E-state index contributed by atoms with van der Waals surface area (Å²) >= 11 is 0. The second-order valence-corrected chi connectivity index (χ2v) is 6.82. The van der Waals surface area contributed by atoms with Crippen molar-refractivity contribution in [3.8, 4) is 11.1 Å². The molecule has 128 valence electrons. The lowest BCUT2D eigenvalue weighted by atomic mass is 9.80. The highest BCUT2D eigenvalue weighted by Crippen LogP contribution is 2.44. The van der Waals surface area contributed by atoms with Gasteiger partial charge in [0.15, 0.2) is 0 Å². The van der Waals surface area contributed by atoms with Gasteiger partial charge in [0, 0.05) is 5.92 Å². The molecule has 1 amide bonds. The molecule has 25 heavy (non-hydrogen) atoms. The van der Waals surface area contributed by atoms with Crippen LogP contribution in [0.4, 0.5) is 4.79 Å². The van der Waals surface area contributed by atoms with E-state index in [-0.39, 0.29) is 18.4 Å². The van der Waals surface area contributed by atoms with Gasteiger partial charge in [-0.1, -0.05) is 55.0 Å². The van der Waals surface area contributed by atoms with E-state index < -0.39 is 12.1 Å². The Balaban J connectivity index is 1.46. The third-order valence-corrected chi connectivity index (χ3v) is 5.43. The van der Waals surface area contributed by atoms with Gasteiger partial charge >= 0.3 is 6.09 Å². The molecule has 0 aromatic heterocycles. The maximum absolute atomic E-state index is 12.1. The summed E-state index contributed by atoms with van der Waals surface area (Å²) in [6, 6.07) is 16.0. The van der Waals surface area contributed by atoms with Crippen LogP contribution < -0.4 is 5.32 Å². The highest BCUT2D eigenvalue weighted by Gasteiger charge is 2.31. The minimum absolute atomic E-state index is 0.0385. The zero-order valence-corrected chi connectivity index (χ0v) is 14.0. The number of carbonyl (C=O) groups excluding carboxylic acids is 2. The molecule has 2 aromatic carbocycles. The number of benzene rings is 2. The molecule has 1 saturated carbocycles. The Hall–Kier alpha value is -2.62. The highest BCUT2D eigenvalue weighted by atomic mass is 16.5. The number of ether oxygens (including phenoxy) is 1. The van der Waals surface area contributed by atoms with Crippen molar-refractivity contribution in [2.24, 2.45) is 5.92 Å². The molecule has 0 saturated heterocycles. The predicted molar refractivity (Wildman–Crippen MR) is 95.4 cm³/mol. The van der Waals surface area contributed by atoms with E-state index in [2.05, 4.69) is 29.6 Å². The van der Waals surface area contributed by atoms with Crippen LogP contribution in [0.1, 0.15) is 36.3 Å². The first-order valence-electron chi connectivity index (χ1n) is 8.84. The molecule has 1 fully saturated rings. The molecule has 4 nitrogen and oxygen atoms in total. The summed E-state index contributed by atoms with van der Waals surface area (Å²) in [7, 11) is 0. The van der Waals surface area contributed by atoms with Gasteiger partial charge < -0.3 is 14.8 Å². The van der Waals surface area contributed by atoms with Crippen molar-refractivity contribution >= 4 is 12.4 Å². The lowest BCUT2D eigenvalue weighted by Gasteiger charge is -2.30. The number of hydrogen-bond acceptors (Lipinski definition) is 3. The topological polar surface area (TPSA) is 55.4 Å². The van der Waals surface area contributed by atoms with Gasteiger partial charge in [-0.2, -0.15) is 0 Å². The molecule has 1 unspecified atom stereocenters. The Bertz CT molecular complexity index is 752. The standard InChI is InChI=1S/C21H21NO3/c23-12-20(14-6-5-7-14)22-21(24)25-13-19-17-10-3-1-8-15(17)16-9-2-4-11-18(16)19/h1-4,8-12,14,19-20H,5-7,13H2,(H,22,24). The van der Waals surface area contributed by atoms with Crippen LogP contribution in [-0.2, 0) is 9.53 Å². The second kappa shape index (κ2) is 6.71. The normalized spacial score (nSPS) is 17.1. The zero-order chi connectivity index (χ0) is 17.2. The minimum atomic E-state index is -0.508. The van der Waals surface area contributed by atoms with Crippen molar-refractivity contribution in [3.63, 3.8) is 0 Å². The molecular weight excluding hydrogens is 314 g/mol. The molecule has 0 bridgehead atoms. The number of carbonyl (C=O) groups is 2. The largest absolute Gasteiger partial charge is 0.449 e. The molecule has 0 radical (unpaired) electrons. The first-order chi connectivity index (χ1) is 12.3. The van der Waals surface area contributed by atoms with Gasteiger partial charge in [-0.3, -0.25) is 0 Å². The molecule has 4 heteroatoms. The molecule has 1 N–H and O–H groups in total. The van der Waals surface area contributed by atoms with Gasteiger partial charge in [-0.05, 0) is 41.0 Å². The fraction of sp³-hybridized carbons (Fsp3) is 0.333. The first kappa shape index (κ1) is 15.9. The quantitative estimate of drug-likeness (QED) is 0.843. The third-order valence-electron chi connectivity index (χ3n) is 5.43. The van der Waals surface area contributed by atoms with Gasteiger partial charge in [0.05, 0.1) is 6.04 Å². The molecule has 2 aliphatic rings. The van der Waals surface area contributed by atoms with Crippen molar-refractivity contribution < 1.29 is 14.3 Å². The Labute approximate surface area is 147 Å². The summed E-state index contributed by atoms with van der Waals surface area (Å²) in [6.07, 6.45) is 3.43. The fourth-order valence-corrected chi connectivity index (χ4v) is 3.84. The van der Waals surface area contributed by atoms with Gasteiger partial charge in [0.2, 0.25) is 0 Å². The number of hydrogen-bond donors (Lipinski definition) is 1. The smallest absolute Gasteiger partial charge is 0.407 e. The van der Waals surface area contributed by atoms with Crippen molar-refractivity contribution in [2.75, 3.05) is 6.61 Å². The second-order valence-electron chi connectivity index (χ2n) is 6.82. The first-order valence-corrected chi connectivity index (χ1v) is 8.84. The Kier molecular flexibility index (Phi) is 4.26. The van der Waals surface area contributed by atoms with Crippen molar-refractivity contribution in [1.82, 2.24) is 5.32 Å². The van der Waals surface area contributed by atoms with Crippen LogP contribution in [-0.4, -0.2) is 25.0 Å². The van der Waals surface area contributed by atoms with Crippen LogP contribution in [0.25, 0.3) is 11.1 Å². The fourth-order valence-electron chi connectivity index (χ4n) is 3.84. The molecule has 0 aliphatic heterocycles. The average molecular weight is 335 g/mol. The van der Waals surface area contributed by atoms with E-state index in [9.17, 15) is 9.59 Å². The monoisotopic (exact) mass is 335 g/mol. The van der Waals surface area contributed by atoms with Gasteiger partial charge in [-0.25, -0.2) is 4.79 Å². The number of amides is 1. The minimum Gasteiger partial charge on any atom is -0.449 e. The number of alkyl carbamates (subject to hydrolysis) is 1. The summed E-state index contributed by atoms with van der Waals surface area (Å²) in [5.41, 5.74) is 4.77. The average Bonchev–Trinajstić information content (AvgIpc) is 2.92. The van der Waals surface area contributed by atoms with Crippen molar-refractivity contribution in [1.29, 1.82) is 0 Å². The summed E-state index contributed by atoms with van der Waals surface area (Å²) in [5.74, 6) is 0.300. The molecule has 2 aromatic rings. The molecule has 4 rings (SSSR count). The van der Waals surface area contributed by atoms with E-state index in [0.29, 0.717) is 0 Å². The number of rotatable bonds is 5. The van der Waals surface area contributed by atoms with Crippen LogP contribution >= 0.6 is 0 Å². The summed E-state index contributed by atoms with van der Waals surface area (Å²) in [4.78, 5) is 23.3. The van der Waals surface area contributed by atoms with E-state index in [4.69, 9.17) is 4.74 Å². The SMILES string of the molecule is O=CC(NC(=O)OCC1c2ccccc2-c2ccccc21)C1CCC1. The zero-order valence-electron chi connectivity index (χ0n) is 14.0. The van der Waals surface area contributed by atoms with Gasteiger partial charge in [0.1, 0.15) is 12.9 Å². The predicted octanol–water partition coefficient (Wildman–Crippen LogP) is 3.89. The molecule has 1 atom stereocenters. The van der Waals surface area contributed by atoms with Crippen LogP contribution in [0, 0.1) is 5.92 Å². The van der Waals surface area contributed by atoms with Crippen LogP contribution in [0.5, 0.6) is 0 Å². The summed E-state index contributed by atoms with van der Waals surface area (Å²) < 4.78 is 5.48. The molecule has 0 spiro atoms. The van der Waals surface area contributed by atoms with E-state index in [1.54, 1.807) is 0 Å². The van der Waals surface area contributed by atoms with Gasteiger partial charge in [-0.15, -0.1) is 0 Å². The van der Waals surface area contributed by atoms with Gasteiger partial charge in [0.25, 0.3) is 0 Å². The molecule has 0 heterocycles. The Morgan fingerprint density at radius 1 is 1.08 bits per heavy atom. The highest BCUT2D eigenvalue weighted by molar-refractivity contribution is 5.79. The summed E-state index contributed by atoms with van der Waals surface area (Å²) in [6.45, 7) is 0.274. The number of aldehydes is 1. The van der Waals surface area contributed by atoms with Crippen LogP contribution in [0.2, 0.25) is 0 Å². The maximum Gasteiger partial charge on any atom is 0.407 e. The van der Waals surface area contributed by atoms with E-state index >= 15 is 0 Å². The molecular formula is C21H21NO3. The van der Waals surface area contributed by atoms with E-state index in [1.165, 1.54) is 22.3 Å². The lowest BCUT2D eigenvalue weighted by molar-refractivity contribution is -0.111. The van der Waals surface area contributed by atoms with E-state index in [1.807, 2.05) is 24.3 Å². The lowest BCUT2D eigenvalue weighted by Crippen LogP contribution is -2.44. The van der Waals surface area contributed by atoms with E-state index in [0.717, 1.165) is 25.5 Å². The number of fused-ring (bicyclic) bond motifs is 3. The molecule has 2 aliphatic carbocycles.